The minimum Gasteiger partial charge on any atom is -0.353 e. The molecule has 1 unspecified atom stereocenters. The van der Waals surface area contributed by atoms with Gasteiger partial charge in [0, 0.05) is 40.0 Å². The van der Waals surface area contributed by atoms with Crippen LogP contribution in [0.1, 0.15) is 21.7 Å². The molecule has 8 heteroatoms. The second kappa shape index (κ2) is 8.82. The summed E-state index contributed by atoms with van der Waals surface area (Å²) < 4.78 is 14.1. The number of carbonyl (C=O) groups excluding carboxylic acids is 2. The van der Waals surface area contributed by atoms with Crippen LogP contribution in [-0.4, -0.2) is 35.8 Å². The summed E-state index contributed by atoms with van der Waals surface area (Å²) in [5, 5.41) is 5.94. The van der Waals surface area contributed by atoms with E-state index in [0.29, 0.717) is 30.2 Å². The summed E-state index contributed by atoms with van der Waals surface area (Å²) in [6, 6.07) is 7.83. The lowest BCUT2D eigenvalue weighted by Crippen LogP contribution is -2.56. The van der Waals surface area contributed by atoms with E-state index in [-0.39, 0.29) is 24.8 Å². The first-order chi connectivity index (χ1) is 12.9. The van der Waals surface area contributed by atoms with Gasteiger partial charge in [-0.05, 0) is 31.2 Å². The first-order valence-electron chi connectivity index (χ1n) is 8.70. The molecule has 1 saturated heterocycles. The Morgan fingerprint density at radius 3 is 2.93 bits per heavy atom. The number of halogens is 2. The van der Waals surface area contributed by atoms with Gasteiger partial charge in [0.25, 0.3) is 0 Å². The van der Waals surface area contributed by atoms with Crippen molar-refractivity contribution < 1.29 is 14.0 Å². The number of thiophene rings is 1. The van der Waals surface area contributed by atoms with Gasteiger partial charge in [-0.25, -0.2) is 4.39 Å². The lowest BCUT2D eigenvalue weighted by atomic mass is 10.1. The Balaban J connectivity index is 1.65. The predicted octanol–water partition coefficient (Wildman–Crippen LogP) is 2.86. The zero-order valence-corrected chi connectivity index (χ0v) is 16.5. The highest BCUT2D eigenvalue weighted by Crippen LogP contribution is 2.23. The van der Waals surface area contributed by atoms with Gasteiger partial charge in [-0.3, -0.25) is 14.5 Å². The second-order valence-corrected chi connectivity index (χ2v) is 8.25. The molecule has 5 nitrogen and oxygen atoms in total. The van der Waals surface area contributed by atoms with E-state index in [0.717, 1.165) is 4.88 Å². The van der Waals surface area contributed by atoms with Crippen molar-refractivity contribution in [2.75, 3.05) is 13.1 Å². The summed E-state index contributed by atoms with van der Waals surface area (Å²) in [4.78, 5) is 28.7. The summed E-state index contributed by atoms with van der Waals surface area (Å²) in [6.45, 7) is 3.61. The van der Waals surface area contributed by atoms with Crippen molar-refractivity contribution in [2.45, 2.75) is 32.5 Å². The molecule has 1 aromatic carbocycles. The highest BCUT2D eigenvalue weighted by molar-refractivity contribution is 7.11. The fraction of sp³-hybridized carbons (Fsp3) is 0.368. The second-order valence-electron chi connectivity index (χ2n) is 6.47. The zero-order chi connectivity index (χ0) is 19.4. The molecule has 1 aromatic heterocycles. The van der Waals surface area contributed by atoms with Crippen LogP contribution in [0, 0.1) is 12.7 Å². The molecule has 1 aliphatic rings. The molecule has 0 spiro atoms. The average Bonchev–Trinajstić information content (AvgIpc) is 3.04. The highest BCUT2D eigenvalue weighted by atomic mass is 35.5. The Bertz CT molecular complexity index is 822. The Morgan fingerprint density at radius 2 is 2.22 bits per heavy atom. The van der Waals surface area contributed by atoms with Crippen LogP contribution in [0.25, 0.3) is 0 Å². The molecule has 2 amide bonds. The van der Waals surface area contributed by atoms with Gasteiger partial charge in [0.2, 0.25) is 11.8 Å². The number of piperazine rings is 1. The summed E-state index contributed by atoms with van der Waals surface area (Å²) >= 11 is 7.73. The van der Waals surface area contributed by atoms with E-state index in [4.69, 9.17) is 11.6 Å². The van der Waals surface area contributed by atoms with E-state index in [1.807, 2.05) is 19.1 Å². The fourth-order valence-electron chi connectivity index (χ4n) is 3.07. The van der Waals surface area contributed by atoms with E-state index in [1.165, 1.54) is 10.9 Å². The third-order valence-corrected chi connectivity index (χ3v) is 5.85. The topological polar surface area (TPSA) is 61.4 Å². The van der Waals surface area contributed by atoms with Crippen LogP contribution in [0.3, 0.4) is 0 Å². The number of benzene rings is 1. The average molecular weight is 410 g/mol. The van der Waals surface area contributed by atoms with Gasteiger partial charge in [0.05, 0.1) is 19.0 Å². The molecule has 1 fully saturated rings. The van der Waals surface area contributed by atoms with Gasteiger partial charge in [0.15, 0.2) is 0 Å². The number of rotatable bonds is 6. The zero-order valence-electron chi connectivity index (χ0n) is 14.9. The Labute approximate surface area is 166 Å². The first-order valence-corrected chi connectivity index (χ1v) is 9.90. The number of nitrogens with zero attached hydrogens (tertiary/aromatic N) is 1. The molecule has 0 bridgehead atoms. The molecule has 144 valence electrons. The van der Waals surface area contributed by atoms with Crippen LogP contribution in [-0.2, 0) is 22.7 Å². The van der Waals surface area contributed by atoms with Gasteiger partial charge in [-0.2, -0.15) is 0 Å². The highest BCUT2D eigenvalue weighted by Gasteiger charge is 2.32. The first kappa shape index (κ1) is 19.8. The third kappa shape index (κ3) is 5.06. The Hall–Kier alpha value is -1.96. The minimum atomic E-state index is -0.653. The van der Waals surface area contributed by atoms with Crippen molar-refractivity contribution >= 4 is 34.8 Å². The van der Waals surface area contributed by atoms with Crippen LogP contribution >= 0.6 is 22.9 Å². The summed E-state index contributed by atoms with van der Waals surface area (Å²) in [6.07, 6.45) is 0.0161. The number of hydrogen-bond acceptors (Lipinski definition) is 4. The number of aryl methyl sites for hydroxylation is 1. The molecular weight excluding hydrogens is 389 g/mol. The molecule has 0 radical (unpaired) electrons. The minimum absolute atomic E-state index is 0.0161. The van der Waals surface area contributed by atoms with E-state index in [1.54, 1.807) is 28.4 Å². The Kier molecular flexibility index (Phi) is 6.46. The van der Waals surface area contributed by atoms with Crippen LogP contribution in [0.2, 0.25) is 5.02 Å². The smallest absolute Gasteiger partial charge is 0.237 e. The molecule has 1 atom stereocenters. The van der Waals surface area contributed by atoms with Crippen LogP contribution < -0.4 is 10.6 Å². The molecular formula is C19H21ClFN3O2S. The van der Waals surface area contributed by atoms with E-state index in [2.05, 4.69) is 10.6 Å². The number of hydrogen-bond donors (Lipinski definition) is 2. The maximum absolute atomic E-state index is 14.1. The normalized spacial score (nSPS) is 17.6. The molecule has 2 N–H and O–H groups in total. The van der Waals surface area contributed by atoms with Crippen molar-refractivity contribution in [3.63, 3.8) is 0 Å². The standard InChI is InChI=1S/C19H21ClFN3O2S/c1-12-5-6-13(27-12)10-23-18(25)9-17-19(26)22-7-8-24(17)11-14-15(20)3-2-4-16(14)21/h2-6,17H,7-11H2,1H3,(H,22,26)(H,23,25). The van der Waals surface area contributed by atoms with Crippen LogP contribution in [0.4, 0.5) is 4.39 Å². The van der Waals surface area contributed by atoms with E-state index < -0.39 is 11.9 Å². The maximum Gasteiger partial charge on any atom is 0.237 e. The monoisotopic (exact) mass is 409 g/mol. The molecule has 27 heavy (non-hydrogen) atoms. The van der Waals surface area contributed by atoms with E-state index in [9.17, 15) is 14.0 Å². The largest absolute Gasteiger partial charge is 0.353 e. The van der Waals surface area contributed by atoms with Crippen LogP contribution in [0.5, 0.6) is 0 Å². The fourth-order valence-corrected chi connectivity index (χ4v) is 4.13. The molecule has 2 aromatic rings. The SMILES string of the molecule is Cc1ccc(CNC(=O)CC2C(=O)NCCN2Cc2c(F)cccc2Cl)s1. The molecule has 1 aliphatic heterocycles. The third-order valence-electron chi connectivity index (χ3n) is 4.50. The lowest BCUT2D eigenvalue weighted by molar-refractivity contribution is -0.134. The van der Waals surface area contributed by atoms with Gasteiger partial charge < -0.3 is 10.6 Å². The molecule has 3 rings (SSSR count). The summed E-state index contributed by atoms with van der Waals surface area (Å²) in [7, 11) is 0. The van der Waals surface area contributed by atoms with Crippen molar-refractivity contribution in [3.05, 3.63) is 56.5 Å². The molecule has 0 saturated carbocycles. The van der Waals surface area contributed by atoms with Crippen molar-refractivity contribution in [1.29, 1.82) is 0 Å². The number of carbonyl (C=O) groups is 2. The number of amides is 2. The molecule has 2 heterocycles. The van der Waals surface area contributed by atoms with Gasteiger partial charge in [0.1, 0.15) is 5.82 Å². The van der Waals surface area contributed by atoms with Crippen molar-refractivity contribution in [1.82, 2.24) is 15.5 Å². The maximum atomic E-state index is 14.1. The van der Waals surface area contributed by atoms with E-state index >= 15 is 0 Å². The Morgan fingerprint density at radius 1 is 1.41 bits per heavy atom. The van der Waals surface area contributed by atoms with Crippen molar-refractivity contribution in [2.24, 2.45) is 0 Å². The molecule has 0 aliphatic carbocycles. The quantitative estimate of drug-likeness (QED) is 0.771. The van der Waals surface area contributed by atoms with Crippen LogP contribution in [0.15, 0.2) is 30.3 Å². The predicted molar refractivity (Wildman–Crippen MR) is 104 cm³/mol. The van der Waals surface area contributed by atoms with Crippen molar-refractivity contribution in [3.8, 4) is 0 Å². The lowest BCUT2D eigenvalue weighted by Gasteiger charge is -2.35. The van der Waals surface area contributed by atoms with Gasteiger partial charge >= 0.3 is 0 Å². The summed E-state index contributed by atoms with van der Waals surface area (Å²) in [5.41, 5.74) is 0.341. The number of nitrogens with one attached hydrogen (secondary N) is 2. The summed E-state index contributed by atoms with van der Waals surface area (Å²) in [5.74, 6) is -0.853. The van der Waals surface area contributed by atoms with Gasteiger partial charge in [-0.15, -0.1) is 11.3 Å². The van der Waals surface area contributed by atoms with Gasteiger partial charge in [-0.1, -0.05) is 17.7 Å².